The molecule has 1 heterocycles. The molecule has 1 rings (SSSR count). The van der Waals surface area contributed by atoms with E-state index in [0.29, 0.717) is 0 Å². The standard InChI is InChI=1S/C8H8F3NO3/c1-2-4-7(8(9,10)11)12-5(15-4)3-6(13)14/h2-3H2,1H3,(H,13,14). The second-order valence-corrected chi connectivity index (χ2v) is 2.80. The molecule has 0 fully saturated rings. The van der Waals surface area contributed by atoms with Crippen molar-refractivity contribution >= 4 is 5.97 Å². The maximum Gasteiger partial charge on any atom is 0.436 e. The summed E-state index contributed by atoms with van der Waals surface area (Å²) in [6.45, 7) is 1.47. The Balaban J connectivity index is 3.06. The zero-order chi connectivity index (χ0) is 11.6. The molecule has 0 bridgehead atoms. The van der Waals surface area contributed by atoms with Gasteiger partial charge in [-0.25, -0.2) is 4.98 Å². The number of hydrogen-bond acceptors (Lipinski definition) is 3. The van der Waals surface area contributed by atoms with Crippen LogP contribution >= 0.6 is 0 Å². The van der Waals surface area contributed by atoms with Crippen LogP contribution in [0.4, 0.5) is 13.2 Å². The van der Waals surface area contributed by atoms with Gasteiger partial charge in [-0.2, -0.15) is 13.2 Å². The van der Waals surface area contributed by atoms with E-state index in [1.807, 2.05) is 0 Å². The van der Waals surface area contributed by atoms with Gasteiger partial charge in [0.25, 0.3) is 0 Å². The van der Waals surface area contributed by atoms with Gasteiger partial charge in [-0.3, -0.25) is 4.79 Å². The van der Waals surface area contributed by atoms with Crippen LogP contribution in [0.1, 0.15) is 24.3 Å². The van der Waals surface area contributed by atoms with Gasteiger partial charge in [-0.1, -0.05) is 6.92 Å². The number of rotatable bonds is 3. The highest BCUT2D eigenvalue weighted by atomic mass is 19.4. The summed E-state index contributed by atoms with van der Waals surface area (Å²) in [6.07, 6.45) is -5.24. The van der Waals surface area contributed by atoms with Crippen LogP contribution in [0.15, 0.2) is 4.42 Å². The second-order valence-electron chi connectivity index (χ2n) is 2.80. The van der Waals surface area contributed by atoms with Crippen LogP contribution in [0.25, 0.3) is 0 Å². The Morgan fingerprint density at radius 3 is 2.47 bits per heavy atom. The van der Waals surface area contributed by atoms with Crippen LogP contribution in [0.5, 0.6) is 0 Å². The SMILES string of the molecule is CCc1oc(CC(=O)O)nc1C(F)(F)F. The summed E-state index contributed by atoms with van der Waals surface area (Å²) >= 11 is 0. The van der Waals surface area contributed by atoms with Gasteiger partial charge >= 0.3 is 12.1 Å². The first-order chi connectivity index (χ1) is 6.84. The molecule has 0 aliphatic rings. The summed E-state index contributed by atoms with van der Waals surface area (Å²) in [4.78, 5) is 13.4. The molecule has 0 atom stereocenters. The summed E-state index contributed by atoms with van der Waals surface area (Å²) in [6, 6.07) is 0. The molecule has 0 aliphatic heterocycles. The van der Waals surface area contributed by atoms with Crippen LogP contribution in [0.2, 0.25) is 0 Å². The van der Waals surface area contributed by atoms with E-state index in [9.17, 15) is 18.0 Å². The molecule has 0 aliphatic carbocycles. The average Bonchev–Trinajstić information content (AvgIpc) is 2.45. The van der Waals surface area contributed by atoms with Crippen molar-refractivity contribution in [1.82, 2.24) is 4.98 Å². The molecule has 0 unspecified atom stereocenters. The van der Waals surface area contributed by atoms with Crippen molar-refractivity contribution in [3.8, 4) is 0 Å². The highest BCUT2D eigenvalue weighted by molar-refractivity contribution is 5.68. The summed E-state index contributed by atoms with van der Waals surface area (Å²) in [5, 5.41) is 8.36. The minimum Gasteiger partial charge on any atom is -0.481 e. The molecule has 0 radical (unpaired) electrons. The van der Waals surface area contributed by atoms with E-state index in [2.05, 4.69) is 9.40 Å². The predicted molar refractivity (Wildman–Crippen MR) is 42.2 cm³/mol. The van der Waals surface area contributed by atoms with E-state index in [0.717, 1.165) is 0 Å². The number of aromatic nitrogens is 1. The lowest BCUT2D eigenvalue weighted by atomic mass is 10.3. The Morgan fingerprint density at radius 2 is 2.13 bits per heavy atom. The maximum absolute atomic E-state index is 12.3. The van der Waals surface area contributed by atoms with Gasteiger partial charge in [-0.15, -0.1) is 0 Å². The van der Waals surface area contributed by atoms with Gasteiger partial charge in [0.15, 0.2) is 5.69 Å². The monoisotopic (exact) mass is 223 g/mol. The number of hydrogen-bond donors (Lipinski definition) is 1. The normalized spacial score (nSPS) is 11.7. The fourth-order valence-electron chi connectivity index (χ4n) is 1.07. The van der Waals surface area contributed by atoms with Crippen molar-refractivity contribution in [2.45, 2.75) is 25.9 Å². The molecule has 84 valence electrons. The van der Waals surface area contributed by atoms with Crippen LogP contribution in [0.3, 0.4) is 0 Å². The lowest BCUT2D eigenvalue weighted by molar-refractivity contribution is -0.142. The molecule has 4 nitrogen and oxygen atoms in total. The third-order valence-corrected chi connectivity index (χ3v) is 1.63. The number of carbonyl (C=O) groups is 1. The Labute approximate surface area is 82.7 Å². The molecular weight excluding hydrogens is 215 g/mol. The highest BCUT2D eigenvalue weighted by Crippen LogP contribution is 2.32. The van der Waals surface area contributed by atoms with E-state index in [-0.39, 0.29) is 12.2 Å². The highest BCUT2D eigenvalue weighted by Gasteiger charge is 2.38. The van der Waals surface area contributed by atoms with Crippen molar-refractivity contribution in [3.05, 3.63) is 17.3 Å². The largest absolute Gasteiger partial charge is 0.481 e. The molecule has 1 aromatic rings. The van der Waals surface area contributed by atoms with Crippen molar-refractivity contribution in [2.24, 2.45) is 0 Å². The lowest BCUT2D eigenvalue weighted by Gasteiger charge is -2.01. The number of carboxylic acid groups (broad SMARTS) is 1. The Bertz CT molecular complexity index is 370. The third-order valence-electron chi connectivity index (χ3n) is 1.63. The Hall–Kier alpha value is -1.53. The summed E-state index contributed by atoms with van der Waals surface area (Å²) in [5.41, 5.74) is -1.14. The van der Waals surface area contributed by atoms with Gasteiger partial charge < -0.3 is 9.52 Å². The fraction of sp³-hybridized carbons (Fsp3) is 0.500. The maximum atomic E-state index is 12.3. The van der Waals surface area contributed by atoms with Crippen LogP contribution in [-0.4, -0.2) is 16.1 Å². The average molecular weight is 223 g/mol. The lowest BCUT2D eigenvalue weighted by Crippen LogP contribution is -2.09. The predicted octanol–water partition coefficient (Wildman–Crippen LogP) is 1.88. The Morgan fingerprint density at radius 1 is 1.53 bits per heavy atom. The molecule has 1 aromatic heterocycles. The van der Waals surface area contributed by atoms with Crippen LogP contribution < -0.4 is 0 Å². The molecule has 0 aromatic carbocycles. The first-order valence-corrected chi connectivity index (χ1v) is 4.12. The van der Waals surface area contributed by atoms with Crippen molar-refractivity contribution in [1.29, 1.82) is 0 Å². The van der Waals surface area contributed by atoms with Crippen LogP contribution in [0, 0.1) is 0 Å². The number of halogens is 3. The van der Waals surface area contributed by atoms with E-state index >= 15 is 0 Å². The Kier molecular flexibility index (Phi) is 3.01. The molecule has 0 spiro atoms. The van der Waals surface area contributed by atoms with E-state index in [4.69, 9.17) is 5.11 Å². The van der Waals surface area contributed by atoms with Crippen molar-refractivity contribution in [3.63, 3.8) is 0 Å². The zero-order valence-corrected chi connectivity index (χ0v) is 7.76. The fourth-order valence-corrected chi connectivity index (χ4v) is 1.07. The summed E-state index contributed by atoms with van der Waals surface area (Å²) in [5.74, 6) is -2.04. The zero-order valence-electron chi connectivity index (χ0n) is 7.76. The first kappa shape index (κ1) is 11.5. The summed E-state index contributed by atoms with van der Waals surface area (Å²) in [7, 11) is 0. The number of aliphatic carboxylic acids is 1. The molecule has 1 N–H and O–H groups in total. The van der Waals surface area contributed by atoms with Gasteiger partial charge in [0.05, 0.1) is 0 Å². The molecule has 0 amide bonds. The van der Waals surface area contributed by atoms with Gasteiger partial charge in [-0.05, 0) is 0 Å². The minimum absolute atomic E-state index is 0.0153. The molecular formula is C8H8F3NO3. The molecule has 0 saturated heterocycles. The number of oxazole rings is 1. The molecule has 0 saturated carbocycles. The third kappa shape index (κ3) is 2.71. The second kappa shape index (κ2) is 3.92. The van der Waals surface area contributed by atoms with E-state index in [1.165, 1.54) is 6.92 Å². The summed E-state index contributed by atoms with van der Waals surface area (Å²) < 4.78 is 41.6. The molecule has 7 heteroatoms. The van der Waals surface area contributed by atoms with Gasteiger partial charge in [0.2, 0.25) is 5.89 Å². The smallest absolute Gasteiger partial charge is 0.436 e. The van der Waals surface area contributed by atoms with Gasteiger partial charge in [0, 0.05) is 6.42 Å². The number of aryl methyl sites for hydroxylation is 1. The topological polar surface area (TPSA) is 63.3 Å². The van der Waals surface area contributed by atoms with Crippen LogP contribution in [-0.2, 0) is 23.8 Å². The number of nitrogens with zero attached hydrogens (tertiary/aromatic N) is 1. The number of alkyl halides is 3. The van der Waals surface area contributed by atoms with Crippen molar-refractivity contribution in [2.75, 3.05) is 0 Å². The van der Waals surface area contributed by atoms with Gasteiger partial charge in [0.1, 0.15) is 12.2 Å². The van der Waals surface area contributed by atoms with E-state index in [1.54, 1.807) is 0 Å². The quantitative estimate of drug-likeness (QED) is 0.849. The first-order valence-electron chi connectivity index (χ1n) is 4.12. The van der Waals surface area contributed by atoms with Crippen molar-refractivity contribution < 1.29 is 27.5 Å². The molecule has 15 heavy (non-hydrogen) atoms. The minimum atomic E-state index is -4.61. The number of carboxylic acids is 1. The van der Waals surface area contributed by atoms with E-state index < -0.39 is 30.2 Å².